The number of carbonyl (C=O) groups is 2. The molecule has 0 aliphatic rings. The molecule has 2 N–H and O–H groups in total. The molecule has 0 saturated carbocycles. The van der Waals surface area contributed by atoms with Gasteiger partial charge in [-0.25, -0.2) is 0 Å². The molecule has 0 aliphatic heterocycles. The number of Topliss-reactive ketones (excluding diaryl/α,β-unsaturated/α-hetero) is 1. The van der Waals surface area contributed by atoms with E-state index >= 15 is 0 Å². The van der Waals surface area contributed by atoms with Crippen LogP contribution in [-0.4, -0.2) is 17.6 Å². The minimum atomic E-state index is -0.617. The predicted octanol–water partition coefficient (Wildman–Crippen LogP) is 3.96. The van der Waals surface area contributed by atoms with Crippen LogP contribution in [0.5, 0.6) is 5.75 Å². The highest BCUT2D eigenvalue weighted by Crippen LogP contribution is 2.22. The summed E-state index contributed by atoms with van der Waals surface area (Å²) in [5.41, 5.74) is 7.09. The summed E-state index contributed by atoms with van der Waals surface area (Å²) in [6.45, 7) is 0.324. The van der Waals surface area contributed by atoms with E-state index in [0.717, 1.165) is 18.4 Å². The van der Waals surface area contributed by atoms with Gasteiger partial charge >= 0.3 is 0 Å². The maximum atomic E-state index is 12.1. The molecule has 5 heteroatoms. The molecular weight excluding hydrogens is 326 g/mol. The van der Waals surface area contributed by atoms with Crippen molar-refractivity contribution in [1.29, 1.82) is 0 Å². The van der Waals surface area contributed by atoms with E-state index in [1.807, 2.05) is 30.3 Å². The number of benzene rings is 2. The first kappa shape index (κ1) is 18.0. The average Bonchev–Trinajstić information content (AvgIpc) is 2.60. The lowest BCUT2D eigenvalue weighted by molar-refractivity contribution is 0.0980. The molecule has 0 spiro atoms. The number of carbonyl (C=O) groups excluding carboxylic acids is 2. The number of rotatable bonds is 9. The summed E-state index contributed by atoms with van der Waals surface area (Å²) >= 11 is 5.61. The molecule has 0 aromatic heterocycles. The molecule has 2 aromatic carbocycles. The van der Waals surface area contributed by atoms with Crippen molar-refractivity contribution in [3.63, 3.8) is 0 Å². The second-order valence-corrected chi connectivity index (χ2v) is 5.80. The molecule has 0 aliphatic carbocycles. The van der Waals surface area contributed by atoms with Gasteiger partial charge < -0.3 is 10.5 Å². The summed E-state index contributed by atoms with van der Waals surface area (Å²) in [6.07, 6.45) is 1.91. The van der Waals surface area contributed by atoms with Crippen LogP contribution in [0, 0.1) is 0 Å². The zero-order chi connectivity index (χ0) is 17.4. The zero-order valence-corrected chi connectivity index (χ0v) is 14.1. The number of nitrogens with two attached hydrogens (primary N) is 1. The highest BCUT2D eigenvalue weighted by Gasteiger charge is 2.14. The van der Waals surface area contributed by atoms with E-state index in [1.54, 1.807) is 12.1 Å². The summed E-state index contributed by atoms with van der Waals surface area (Å²) in [5.74, 6) is 0.265. The molecule has 4 nitrogen and oxygen atoms in total. The van der Waals surface area contributed by atoms with Gasteiger partial charge in [-0.3, -0.25) is 9.59 Å². The molecule has 0 bridgehead atoms. The standard InChI is InChI=1S/C19H20ClNO3/c20-11-5-4-8-17(22)15-9-10-18(16(12-15)19(21)23)24-13-14-6-2-1-3-7-14/h1-3,6-7,9-10,12H,4-5,8,11,13H2,(H2,21,23). The molecule has 0 atom stereocenters. The van der Waals surface area contributed by atoms with Crippen LogP contribution in [0.15, 0.2) is 48.5 Å². The van der Waals surface area contributed by atoms with Gasteiger partial charge in [-0.05, 0) is 36.6 Å². The van der Waals surface area contributed by atoms with Crippen molar-refractivity contribution in [2.45, 2.75) is 25.9 Å². The quantitative estimate of drug-likeness (QED) is 0.425. The van der Waals surface area contributed by atoms with Gasteiger partial charge in [0, 0.05) is 17.9 Å². The summed E-state index contributed by atoms with van der Waals surface area (Å²) in [6, 6.07) is 14.4. The van der Waals surface area contributed by atoms with E-state index in [2.05, 4.69) is 0 Å². The Kier molecular flexibility index (Phi) is 6.82. The third-order valence-electron chi connectivity index (χ3n) is 3.59. The van der Waals surface area contributed by atoms with Gasteiger partial charge in [-0.2, -0.15) is 0 Å². The minimum absolute atomic E-state index is 0.0303. The lowest BCUT2D eigenvalue weighted by Gasteiger charge is -2.11. The largest absolute Gasteiger partial charge is 0.488 e. The molecule has 2 rings (SSSR count). The summed E-state index contributed by atoms with van der Waals surface area (Å²) in [7, 11) is 0. The number of ether oxygens (including phenoxy) is 1. The SMILES string of the molecule is NC(=O)c1cc(C(=O)CCCCCl)ccc1OCc1ccccc1. The Morgan fingerprint density at radius 1 is 1.04 bits per heavy atom. The number of hydrogen-bond acceptors (Lipinski definition) is 3. The number of primary amides is 1. The Morgan fingerprint density at radius 2 is 1.79 bits per heavy atom. The Balaban J connectivity index is 2.11. The molecule has 0 saturated heterocycles. The van der Waals surface area contributed by atoms with Gasteiger partial charge in [0.2, 0.25) is 0 Å². The van der Waals surface area contributed by atoms with Crippen LogP contribution in [0.3, 0.4) is 0 Å². The molecule has 1 amide bonds. The second-order valence-electron chi connectivity index (χ2n) is 5.42. The first-order valence-corrected chi connectivity index (χ1v) is 8.35. The van der Waals surface area contributed by atoms with Crippen molar-refractivity contribution >= 4 is 23.3 Å². The second kappa shape index (κ2) is 9.08. The Morgan fingerprint density at radius 3 is 2.46 bits per heavy atom. The first-order valence-electron chi connectivity index (χ1n) is 7.81. The lowest BCUT2D eigenvalue weighted by Crippen LogP contribution is -2.14. The summed E-state index contributed by atoms with van der Waals surface area (Å²) in [5, 5.41) is 0. The molecule has 126 valence electrons. The normalized spacial score (nSPS) is 10.4. The number of ketones is 1. The Labute approximate surface area is 146 Å². The fourth-order valence-electron chi connectivity index (χ4n) is 2.28. The van der Waals surface area contributed by atoms with Gasteiger partial charge in [-0.1, -0.05) is 30.3 Å². The van der Waals surface area contributed by atoms with Gasteiger partial charge in [0.05, 0.1) is 5.56 Å². The number of amides is 1. The van der Waals surface area contributed by atoms with Crippen LogP contribution < -0.4 is 10.5 Å². The van der Waals surface area contributed by atoms with Crippen molar-refractivity contribution in [3.05, 3.63) is 65.2 Å². The van der Waals surface area contributed by atoms with Gasteiger partial charge in [0.25, 0.3) is 5.91 Å². The van der Waals surface area contributed by atoms with Crippen LogP contribution in [0.25, 0.3) is 0 Å². The summed E-state index contributed by atoms with van der Waals surface area (Å²) < 4.78 is 5.69. The third kappa shape index (κ3) is 5.10. The van der Waals surface area contributed by atoms with E-state index in [-0.39, 0.29) is 11.3 Å². The monoisotopic (exact) mass is 345 g/mol. The molecule has 2 aromatic rings. The number of halogens is 1. The molecule has 0 radical (unpaired) electrons. The van der Waals surface area contributed by atoms with Crippen LogP contribution in [0.2, 0.25) is 0 Å². The number of alkyl halides is 1. The predicted molar refractivity (Wildman–Crippen MR) is 94.6 cm³/mol. The summed E-state index contributed by atoms with van der Waals surface area (Å²) in [4.78, 5) is 23.8. The van der Waals surface area contributed by atoms with Crippen LogP contribution in [0.1, 0.15) is 45.5 Å². The van der Waals surface area contributed by atoms with Crippen molar-refractivity contribution < 1.29 is 14.3 Å². The Hall–Kier alpha value is -2.33. The molecule has 0 unspecified atom stereocenters. The fraction of sp³-hybridized carbons (Fsp3) is 0.263. The zero-order valence-electron chi connectivity index (χ0n) is 13.3. The van der Waals surface area contributed by atoms with Crippen molar-refractivity contribution in [2.24, 2.45) is 5.73 Å². The van der Waals surface area contributed by atoms with Crippen molar-refractivity contribution in [3.8, 4) is 5.75 Å². The number of hydrogen-bond donors (Lipinski definition) is 1. The third-order valence-corrected chi connectivity index (χ3v) is 3.86. The van der Waals surface area contributed by atoms with Gasteiger partial charge in [0.15, 0.2) is 5.78 Å². The molecule has 24 heavy (non-hydrogen) atoms. The maximum absolute atomic E-state index is 12.1. The highest BCUT2D eigenvalue weighted by molar-refractivity contribution is 6.17. The fourth-order valence-corrected chi connectivity index (χ4v) is 2.47. The maximum Gasteiger partial charge on any atom is 0.252 e. The van der Waals surface area contributed by atoms with Gasteiger partial charge in [-0.15, -0.1) is 11.6 Å². The van der Waals surface area contributed by atoms with E-state index in [9.17, 15) is 9.59 Å². The van der Waals surface area contributed by atoms with E-state index in [1.165, 1.54) is 6.07 Å². The smallest absolute Gasteiger partial charge is 0.252 e. The van der Waals surface area contributed by atoms with Gasteiger partial charge in [0.1, 0.15) is 12.4 Å². The van der Waals surface area contributed by atoms with Crippen molar-refractivity contribution in [2.75, 3.05) is 5.88 Å². The topological polar surface area (TPSA) is 69.4 Å². The molecule has 0 fully saturated rings. The van der Waals surface area contributed by atoms with E-state index < -0.39 is 5.91 Å². The van der Waals surface area contributed by atoms with Crippen molar-refractivity contribution in [1.82, 2.24) is 0 Å². The first-order chi connectivity index (χ1) is 11.6. The van der Waals surface area contributed by atoms with Crippen LogP contribution in [-0.2, 0) is 6.61 Å². The van der Waals surface area contributed by atoms with Crippen LogP contribution >= 0.6 is 11.6 Å². The van der Waals surface area contributed by atoms with E-state index in [4.69, 9.17) is 22.1 Å². The highest BCUT2D eigenvalue weighted by atomic mass is 35.5. The van der Waals surface area contributed by atoms with E-state index in [0.29, 0.717) is 30.2 Å². The molecular formula is C19H20ClNO3. The number of unbranched alkanes of at least 4 members (excludes halogenated alkanes) is 1. The minimum Gasteiger partial charge on any atom is -0.488 e. The Bertz CT molecular complexity index is 701. The molecule has 0 heterocycles. The lowest BCUT2D eigenvalue weighted by atomic mass is 10.0. The van der Waals surface area contributed by atoms with Crippen LogP contribution in [0.4, 0.5) is 0 Å². The average molecular weight is 346 g/mol.